The zero-order valence-electron chi connectivity index (χ0n) is 13.2. The fraction of sp³-hybridized carbons (Fsp3) is 0.400. The molecule has 2 N–H and O–H groups in total. The van der Waals surface area contributed by atoms with E-state index in [1.165, 1.54) is 17.5 Å². The van der Waals surface area contributed by atoms with Gasteiger partial charge in [0.05, 0.1) is 6.10 Å². The quantitative estimate of drug-likeness (QED) is 0.657. The minimum atomic E-state index is -0.255. The first-order chi connectivity index (χ1) is 10.8. The highest BCUT2D eigenvalue weighted by atomic mass is 16.3. The normalized spacial score (nSPS) is 12.2. The van der Waals surface area contributed by atoms with Crippen molar-refractivity contribution in [2.45, 2.75) is 38.2 Å². The second-order valence-electron chi connectivity index (χ2n) is 5.82. The molecule has 0 unspecified atom stereocenters. The third-order valence-electron chi connectivity index (χ3n) is 3.90. The van der Waals surface area contributed by atoms with E-state index in [2.05, 4.69) is 47.8 Å². The first-order valence-corrected chi connectivity index (χ1v) is 8.31. The highest BCUT2D eigenvalue weighted by molar-refractivity contribution is 5.15. The molecule has 0 bridgehead atoms. The van der Waals surface area contributed by atoms with E-state index in [9.17, 15) is 5.11 Å². The number of aryl methyl sites for hydroxylation is 2. The van der Waals surface area contributed by atoms with E-state index >= 15 is 0 Å². The van der Waals surface area contributed by atoms with Crippen LogP contribution in [0, 0.1) is 0 Å². The summed E-state index contributed by atoms with van der Waals surface area (Å²) in [5, 5.41) is 13.3. The Kier molecular flexibility index (Phi) is 7.71. The summed E-state index contributed by atoms with van der Waals surface area (Å²) in [6.07, 6.45) is 4.99. The van der Waals surface area contributed by atoms with E-state index in [0.29, 0.717) is 6.54 Å². The van der Waals surface area contributed by atoms with Crippen molar-refractivity contribution in [3.8, 4) is 0 Å². The topological polar surface area (TPSA) is 32.3 Å². The van der Waals surface area contributed by atoms with Crippen LogP contribution in [0.5, 0.6) is 0 Å². The third kappa shape index (κ3) is 6.88. The average Bonchev–Trinajstić information content (AvgIpc) is 2.58. The smallest absolute Gasteiger partial charge is 0.0667 e. The summed E-state index contributed by atoms with van der Waals surface area (Å²) in [5.74, 6) is 0. The van der Waals surface area contributed by atoms with Gasteiger partial charge >= 0.3 is 0 Å². The van der Waals surface area contributed by atoms with Crippen molar-refractivity contribution in [1.82, 2.24) is 5.32 Å². The van der Waals surface area contributed by atoms with Crippen molar-refractivity contribution in [2.24, 2.45) is 0 Å². The fourth-order valence-electron chi connectivity index (χ4n) is 2.57. The molecule has 0 aromatic heterocycles. The molecule has 2 aromatic rings. The molecular weight excluding hydrogens is 270 g/mol. The molecule has 0 spiro atoms. The Balaban J connectivity index is 1.48. The van der Waals surface area contributed by atoms with Gasteiger partial charge < -0.3 is 10.4 Å². The summed E-state index contributed by atoms with van der Waals surface area (Å²) in [4.78, 5) is 0. The molecule has 22 heavy (non-hydrogen) atoms. The van der Waals surface area contributed by atoms with E-state index < -0.39 is 0 Å². The van der Waals surface area contributed by atoms with E-state index in [4.69, 9.17) is 0 Å². The number of unbranched alkanes of at least 4 members (excludes halogenated alkanes) is 1. The molecule has 2 rings (SSSR count). The van der Waals surface area contributed by atoms with Crippen LogP contribution >= 0.6 is 0 Å². The van der Waals surface area contributed by atoms with Crippen molar-refractivity contribution in [2.75, 3.05) is 13.1 Å². The molecule has 1 atom stereocenters. The molecule has 0 fully saturated rings. The van der Waals surface area contributed by atoms with E-state index in [0.717, 1.165) is 32.2 Å². The van der Waals surface area contributed by atoms with Gasteiger partial charge in [0.2, 0.25) is 0 Å². The van der Waals surface area contributed by atoms with Gasteiger partial charge in [0.1, 0.15) is 0 Å². The maximum Gasteiger partial charge on any atom is 0.0667 e. The van der Waals surface area contributed by atoms with Crippen molar-refractivity contribution in [3.63, 3.8) is 0 Å². The monoisotopic (exact) mass is 297 g/mol. The lowest BCUT2D eigenvalue weighted by molar-refractivity contribution is 0.162. The molecule has 2 nitrogen and oxygen atoms in total. The Morgan fingerprint density at radius 2 is 1.36 bits per heavy atom. The molecule has 0 radical (unpaired) electrons. The maximum atomic E-state index is 9.98. The lowest BCUT2D eigenvalue weighted by Crippen LogP contribution is -2.28. The Hall–Kier alpha value is -1.64. The van der Waals surface area contributed by atoms with E-state index in [-0.39, 0.29) is 6.10 Å². The van der Waals surface area contributed by atoms with Gasteiger partial charge in [-0.3, -0.25) is 0 Å². The number of benzene rings is 2. The second-order valence-corrected chi connectivity index (χ2v) is 5.82. The van der Waals surface area contributed by atoms with E-state index in [1.54, 1.807) is 0 Å². The number of aliphatic hydroxyl groups excluding tert-OH is 1. The summed E-state index contributed by atoms with van der Waals surface area (Å²) < 4.78 is 0. The van der Waals surface area contributed by atoms with Crippen LogP contribution in [-0.4, -0.2) is 24.3 Å². The van der Waals surface area contributed by atoms with Crippen molar-refractivity contribution in [1.29, 1.82) is 0 Å². The van der Waals surface area contributed by atoms with Gasteiger partial charge in [-0.15, -0.1) is 0 Å². The molecule has 0 aliphatic carbocycles. The van der Waals surface area contributed by atoms with Gasteiger partial charge in [-0.2, -0.15) is 0 Å². The number of hydrogen-bond donors (Lipinski definition) is 2. The molecular formula is C20H27NO. The first kappa shape index (κ1) is 16.7. The van der Waals surface area contributed by atoms with Crippen LogP contribution in [0.4, 0.5) is 0 Å². The van der Waals surface area contributed by atoms with Crippen molar-refractivity contribution < 1.29 is 5.11 Å². The van der Waals surface area contributed by atoms with Crippen LogP contribution < -0.4 is 5.32 Å². The van der Waals surface area contributed by atoms with Gasteiger partial charge in [0, 0.05) is 6.54 Å². The molecule has 2 aromatic carbocycles. The number of aliphatic hydroxyl groups is 1. The standard InChI is InChI=1S/C20H27NO/c22-20(15-14-19-11-5-2-6-12-19)17-21-16-8-7-13-18-9-3-1-4-10-18/h1-6,9-12,20-22H,7-8,13-17H2/t20-/m1/s1. The molecule has 118 valence electrons. The number of nitrogens with one attached hydrogen (secondary N) is 1. The Labute approximate surface area is 134 Å². The van der Waals surface area contributed by atoms with Crippen LogP contribution in [-0.2, 0) is 12.8 Å². The minimum Gasteiger partial charge on any atom is -0.392 e. The first-order valence-electron chi connectivity index (χ1n) is 8.31. The zero-order chi connectivity index (χ0) is 15.5. The summed E-state index contributed by atoms with van der Waals surface area (Å²) >= 11 is 0. The summed E-state index contributed by atoms with van der Waals surface area (Å²) in [6.45, 7) is 1.67. The molecule has 2 heteroatoms. The predicted octanol–water partition coefficient (Wildman–Crippen LogP) is 3.59. The van der Waals surface area contributed by atoms with Gasteiger partial charge in [-0.05, 0) is 49.8 Å². The SMILES string of the molecule is O[C@H](CCc1ccccc1)CNCCCCc1ccccc1. The van der Waals surface area contributed by atoms with Gasteiger partial charge in [-0.1, -0.05) is 60.7 Å². The lowest BCUT2D eigenvalue weighted by Gasteiger charge is -2.12. The molecule has 0 aliphatic heterocycles. The molecule has 0 heterocycles. The molecule has 0 amide bonds. The Morgan fingerprint density at radius 3 is 2.00 bits per heavy atom. The van der Waals surface area contributed by atoms with Crippen molar-refractivity contribution in [3.05, 3.63) is 71.8 Å². The Bertz CT molecular complexity index is 498. The summed E-state index contributed by atoms with van der Waals surface area (Å²) in [5.41, 5.74) is 2.70. The van der Waals surface area contributed by atoms with Gasteiger partial charge in [0.25, 0.3) is 0 Å². The second kappa shape index (κ2) is 10.1. The minimum absolute atomic E-state index is 0.255. The summed E-state index contributed by atoms with van der Waals surface area (Å²) in [7, 11) is 0. The van der Waals surface area contributed by atoms with E-state index in [1.807, 2.05) is 18.2 Å². The Morgan fingerprint density at radius 1 is 0.773 bits per heavy atom. The van der Waals surface area contributed by atoms with Crippen LogP contribution in [0.25, 0.3) is 0 Å². The van der Waals surface area contributed by atoms with Crippen LogP contribution in [0.1, 0.15) is 30.4 Å². The van der Waals surface area contributed by atoms with Gasteiger partial charge in [0.15, 0.2) is 0 Å². The van der Waals surface area contributed by atoms with Crippen LogP contribution in [0.3, 0.4) is 0 Å². The fourth-order valence-corrected chi connectivity index (χ4v) is 2.57. The largest absolute Gasteiger partial charge is 0.392 e. The average molecular weight is 297 g/mol. The van der Waals surface area contributed by atoms with Crippen molar-refractivity contribution >= 4 is 0 Å². The highest BCUT2D eigenvalue weighted by Crippen LogP contribution is 2.05. The number of rotatable bonds is 10. The molecule has 0 aliphatic rings. The third-order valence-corrected chi connectivity index (χ3v) is 3.90. The highest BCUT2D eigenvalue weighted by Gasteiger charge is 2.03. The molecule has 0 saturated carbocycles. The maximum absolute atomic E-state index is 9.98. The number of hydrogen-bond acceptors (Lipinski definition) is 2. The van der Waals surface area contributed by atoms with Crippen LogP contribution in [0.2, 0.25) is 0 Å². The predicted molar refractivity (Wildman–Crippen MR) is 93.0 cm³/mol. The van der Waals surface area contributed by atoms with Crippen LogP contribution in [0.15, 0.2) is 60.7 Å². The van der Waals surface area contributed by atoms with Gasteiger partial charge in [-0.25, -0.2) is 0 Å². The zero-order valence-corrected chi connectivity index (χ0v) is 13.2. The lowest BCUT2D eigenvalue weighted by atomic mass is 10.1. The molecule has 0 saturated heterocycles. The summed E-state index contributed by atoms with van der Waals surface area (Å²) in [6, 6.07) is 21.0.